The van der Waals surface area contributed by atoms with Gasteiger partial charge in [-0.15, -0.1) is 0 Å². The van der Waals surface area contributed by atoms with Crippen molar-refractivity contribution in [3.8, 4) is 11.5 Å². The first-order chi connectivity index (χ1) is 12.5. The Bertz CT molecular complexity index is 800. The maximum Gasteiger partial charge on any atom is 0.352 e. The van der Waals surface area contributed by atoms with Crippen molar-refractivity contribution in [1.82, 2.24) is 5.32 Å². The van der Waals surface area contributed by atoms with E-state index in [9.17, 15) is 14.7 Å². The maximum atomic E-state index is 11.8. The first-order valence-corrected chi connectivity index (χ1v) is 9.06. The van der Waals surface area contributed by atoms with Crippen LogP contribution in [0.25, 0.3) is 6.08 Å². The fourth-order valence-electron chi connectivity index (χ4n) is 2.15. The highest BCUT2D eigenvalue weighted by atomic mass is 79.9. The van der Waals surface area contributed by atoms with Crippen molar-refractivity contribution >= 4 is 33.9 Å². The normalized spacial score (nSPS) is 11.1. The smallest absolute Gasteiger partial charge is 0.352 e. The molecule has 0 unspecified atom stereocenters. The third-order valence-corrected chi connectivity index (χ3v) is 4.17. The predicted octanol–water partition coefficient (Wildman–Crippen LogP) is 4.97. The van der Waals surface area contributed by atoms with E-state index in [0.29, 0.717) is 23.5 Å². The molecule has 2 N–H and O–H groups in total. The molecule has 2 aromatic carbocycles. The van der Waals surface area contributed by atoms with Crippen molar-refractivity contribution in [1.29, 1.82) is 0 Å². The molecule has 0 saturated carbocycles. The van der Waals surface area contributed by atoms with Crippen LogP contribution in [-0.4, -0.2) is 17.0 Å². The van der Waals surface area contributed by atoms with Crippen LogP contribution < -0.4 is 10.1 Å². The zero-order valence-electron chi connectivity index (χ0n) is 14.4. The van der Waals surface area contributed by atoms with E-state index in [4.69, 9.17) is 4.74 Å². The second-order valence-electron chi connectivity index (χ2n) is 5.62. The van der Waals surface area contributed by atoms with Crippen LogP contribution in [-0.2, 0) is 9.59 Å². The highest BCUT2D eigenvalue weighted by molar-refractivity contribution is 9.10. The number of carboxylic acids is 1. The fraction of sp³-hybridized carbons (Fsp3) is 0.200. The van der Waals surface area contributed by atoms with E-state index < -0.39 is 5.97 Å². The fourth-order valence-corrected chi connectivity index (χ4v) is 2.52. The maximum absolute atomic E-state index is 11.8. The topological polar surface area (TPSA) is 75.6 Å². The number of ether oxygens (including phenoxy) is 1. The van der Waals surface area contributed by atoms with Crippen LogP contribution in [0.4, 0.5) is 0 Å². The Hall–Kier alpha value is -2.60. The van der Waals surface area contributed by atoms with Gasteiger partial charge in [-0.2, -0.15) is 0 Å². The second kappa shape index (κ2) is 9.77. The van der Waals surface area contributed by atoms with Crippen LogP contribution in [0.2, 0.25) is 0 Å². The van der Waals surface area contributed by atoms with Gasteiger partial charge in [-0.1, -0.05) is 37.6 Å². The Morgan fingerprint density at radius 1 is 1.15 bits per heavy atom. The highest BCUT2D eigenvalue weighted by Crippen LogP contribution is 2.29. The molecule has 0 aliphatic carbocycles. The van der Waals surface area contributed by atoms with Crippen molar-refractivity contribution in [2.75, 3.05) is 0 Å². The molecular weight excluding hydrogens is 398 g/mol. The molecule has 0 aliphatic heterocycles. The van der Waals surface area contributed by atoms with E-state index in [0.717, 1.165) is 17.3 Å². The lowest BCUT2D eigenvalue weighted by Crippen LogP contribution is -2.26. The van der Waals surface area contributed by atoms with Crippen molar-refractivity contribution in [2.45, 2.75) is 26.2 Å². The molecule has 0 radical (unpaired) electrons. The molecule has 0 heterocycles. The lowest BCUT2D eigenvalue weighted by molar-refractivity contribution is -0.134. The molecular formula is C20H20BrNO4. The Kier molecular flexibility index (Phi) is 7.41. The summed E-state index contributed by atoms with van der Waals surface area (Å²) >= 11 is 3.42. The average Bonchev–Trinajstić information content (AvgIpc) is 2.62. The molecule has 6 heteroatoms. The molecule has 0 spiro atoms. The second-order valence-corrected chi connectivity index (χ2v) is 6.47. The number of halogens is 1. The van der Waals surface area contributed by atoms with Gasteiger partial charge in [0.2, 0.25) is 5.91 Å². The van der Waals surface area contributed by atoms with Crippen LogP contribution in [0.5, 0.6) is 11.5 Å². The Labute approximate surface area is 160 Å². The van der Waals surface area contributed by atoms with E-state index in [1.807, 2.05) is 31.2 Å². The molecule has 5 nitrogen and oxygen atoms in total. The lowest BCUT2D eigenvalue weighted by Gasteiger charge is -2.08. The van der Waals surface area contributed by atoms with Gasteiger partial charge in [0.25, 0.3) is 0 Å². The predicted molar refractivity (Wildman–Crippen MR) is 104 cm³/mol. The first-order valence-electron chi connectivity index (χ1n) is 8.27. The van der Waals surface area contributed by atoms with Crippen LogP contribution >= 0.6 is 15.9 Å². The molecule has 136 valence electrons. The van der Waals surface area contributed by atoms with Crippen LogP contribution in [0.3, 0.4) is 0 Å². The molecule has 0 saturated heterocycles. The Balaban J connectivity index is 2.09. The summed E-state index contributed by atoms with van der Waals surface area (Å²) in [5, 5.41) is 11.7. The van der Waals surface area contributed by atoms with Crippen LogP contribution in [0.15, 0.2) is 58.7 Å². The average molecular weight is 418 g/mol. The van der Waals surface area contributed by atoms with Crippen LogP contribution in [0, 0.1) is 0 Å². The van der Waals surface area contributed by atoms with Crippen molar-refractivity contribution in [2.24, 2.45) is 0 Å². The number of hydrogen-bond acceptors (Lipinski definition) is 3. The molecule has 0 aliphatic rings. The molecule has 2 aromatic rings. The minimum absolute atomic E-state index is 0.148. The van der Waals surface area contributed by atoms with Crippen LogP contribution in [0.1, 0.15) is 31.7 Å². The van der Waals surface area contributed by atoms with E-state index in [2.05, 4.69) is 21.2 Å². The number of hydrogen-bond donors (Lipinski definition) is 2. The monoisotopic (exact) mass is 417 g/mol. The number of rotatable bonds is 8. The van der Waals surface area contributed by atoms with E-state index in [1.165, 1.54) is 6.08 Å². The van der Waals surface area contributed by atoms with Gasteiger partial charge in [0.05, 0.1) is 4.47 Å². The summed E-state index contributed by atoms with van der Waals surface area (Å²) in [4.78, 5) is 23.1. The molecule has 0 bridgehead atoms. The minimum Gasteiger partial charge on any atom is -0.477 e. The number of unbranched alkanes of at least 4 members (excludes halogenated alkanes) is 1. The largest absolute Gasteiger partial charge is 0.477 e. The molecule has 2 rings (SSSR count). The number of carboxylic acid groups (broad SMARTS) is 1. The summed E-state index contributed by atoms with van der Waals surface area (Å²) in [6.07, 6.45) is 3.33. The minimum atomic E-state index is -1.18. The van der Waals surface area contributed by atoms with E-state index >= 15 is 0 Å². The van der Waals surface area contributed by atoms with Gasteiger partial charge in [-0.05, 0) is 58.3 Å². The summed E-state index contributed by atoms with van der Waals surface area (Å²) < 4.78 is 6.61. The number of carbonyl (C=O) groups is 2. The summed E-state index contributed by atoms with van der Waals surface area (Å²) in [6, 6.07) is 14.4. The third kappa shape index (κ3) is 6.04. The molecule has 0 atom stereocenters. The quantitative estimate of drug-likeness (QED) is 0.594. The molecule has 26 heavy (non-hydrogen) atoms. The number of benzene rings is 2. The molecule has 1 amide bonds. The number of amides is 1. The Morgan fingerprint density at radius 2 is 1.85 bits per heavy atom. The number of nitrogens with one attached hydrogen (secondary N) is 1. The molecule has 0 aromatic heterocycles. The third-order valence-electron chi connectivity index (χ3n) is 3.52. The van der Waals surface area contributed by atoms with Gasteiger partial charge < -0.3 is 15.2 Å². The van der Waals surface area contributed by atoms with E-state index in [1.54, 1.807) is 24.3 Å². The van der Waals surface area contributed by atoms with Gasteiger partial charge >= 0.3 is 5.97 Å². The SMILES string of the molecule is CCCCC(=O)N/C(=C/c1ccc(Oc2ccccc2Br)cc1)C(=O)O. The number of aliphatic carboxylic acids is 1. The van der Waals surface area contributed by atoms with Gasteiger partial charge in [-0.25, -0.2) is 4.79 Å². The summed E-state index contributed by atoms with van der Waals surface area (Å²) in [5.41, 5.74) is 0.503. The lowest BCUT2D eigenvalue weighted by atomic mass is 10.1. The Morgan fingerprint density at radius 3 is 2.46 bits per heavy atom. The number of carbonyl (C=O) groups excluding carboxylic acids is 1. The zero-order chi connectivity index (χ0) is 18.9. The molecule has 0 fully saturated rings. The van der Waals surface area contributed by atoms with Gasteiger partial charge in [0, 0.05) is 6.42 Å². The zero-order valence-corrected chi connectivity index (χ0v) is 16.0. The highest BCUT2D eigenvalue weighted by Gasteiger charge is 2.11. The van der Waals surface area contributed by atoms with Gasteiger partial charge in [0.15, 0.2) is 0 Å². The first kappa shape index (κ1) is 19.7. The van der Waals surface area contributed by atoms with E-state index in [-0.39, 0.29) is 11.6 Å². The van der Waals surface area contributed by atoms with Gasteiger partial charge in [0.1, 0.15) is 17.2 Å². The summed E-state index contributed by atoms with van der Waals surface area (Å²) in [6.45, 7) is 1.97. The van der Waals surface area contributed by atoms with Crippen molar-refractivity contribution in [3.05, 3.63) is 64.3 Å². The standard InChI is InChI=1S/C20H20BrNO4/c1-2-3-8-19(23)22-17(20(24)25)13-14-9-11-15(12-10-14)26-18-7-5-4-6-16(18)21/h4-7,9-13H,2-3,8H2,1H3,(H,22,23)(H,24,25)/b17-13+. The van der Waals surface area contributed by atoms with Gasteiger partial charge in [-0.3, -0.25) is 4.79 Å². The van der Waals surface area contributed by atoms with Crippen molar-refractivity contribution in [3.63, 3.8) is 0 Å². The van der Waals surface area contributed by atoms with Crippen molar-refractivity contribution < 1.29 is 19.4 Å². The summed E-state index contributed by atoms with van der Waals surface area (Å²) in [7, 11) is 0. The summed E-state index contributed by atoms with van der Waals surface area (Å²) in [5.74, 6) is -0.166. The number of para-hydroxylation sites is 1.